The molecule has 1 aromatic rings. The molecule has 19 heavy (non-hydrogen) atoms. The summed E-state index contributed by atoms with van der Waals surface area (Å²) in [5.41, 5.74) is 2.38. The summed E-state index contributed by atoms with van der Waals surface area (Å²) in [5, 5.41) is 8.72. The Balaban J connectivity index is 1.96. The molecule has 5 heteroatoms. The fraction of sp³-hybridized carbons (Fsp3) is 0.429. The standard InChI is InChI=1S/C14H19N3O2/c1-9-3-4-12(16-10(2)18)7-13(9)17-14(19)8-15-11-5-6-11/h3-4,7,11,15H,5-6,8H2,1-2H3,(H,16,18)(H,17,19). The fourth-order valence-electron chi connectivity index (χ4n) is 1.76. The highest BCUT2D eigenvalue weighted by atomic mass is 16.2. The highest BCUT2D eigenvalue weighted by Crippen LogP contribution is 2.21. The maximum Gasteiger partial charge on any atom is 0.238 e. The van der Waals surface area contributed by atoms with Gasteiger partial charge in [-0.05, 0) is 37.5 Å². The SMILES string of the molecule is CC(=O)Nc1ccc(C)c(NC(=O)CNC2CC2)c1. The van der Waals surface area contributed by atoms with E-state index in [2.05, 4.69) is 16.0 Å². The van der Waals surface area contributed by atoms with Crippen molar-refractivity contribution in [1.82, 2.24) is 5.32 Å². The minimum Gasteiger partial charge on any atom is -0.326 e. The Morgan fingerprint density at radius 2 is 2.00 bits per heavy atom. The molecule has 2 rings (SSSR count). The quantitative estimate of drug-likeness (QED) is 0.754. The molecule has 2 amide bonds. The van der Waals surface area contributed by atoms with Gasteiger partial charge in [0, 0.05) is 24.3 Å². The molecule has 0 aliphatic heterocycles. The minimum absolute atomic E-state index is 0.0602. The Morgan fingerprint density at radius 1 is 1.26 bits per heavy atom. The van der Waals surface area contributed by atoms with E-state index < -0.39 is 0 Å². The molecule has 0 atom stereocenters. The van der Waals surface area contributed by atoms with Crippen molar-refractivity contribution in [3.8, 4) is 0 Å². The molecule has 102 valence electrons. The summed E-state index contributed by atoms with van der Waals surface area (Å²) >= 11 is 0. The van der Waals surface area contributed by atoms with E-state index in [9.17, 15) is 9.59 Å². The van der Waals surface area contributed by atoms with Gasteiger partial charge in [0.2, 0.25) is 11.8 Å². The molecule has 0 saturated heterocycles. The smallest absolute Gasteiger partial charge is 0.238 e. The maximum absolute atomic E-state index is 11.8. The van der Waals surface area contributed by atoms with Gasteiger partial charge in [0.1, 0.15) is 0 Å². The van der Waals surface area contributed by atoms with Crippen LogP contribution in [0.15, 0.2) is 18.2 Å². The largest absolute Gasteiger partial charge is 0.326 e. The lowest BCUT2D eigenvalue weighted by Gasteiger charge is -2.11. The van der Waals surface area contributed by atoms with Gasteiger partial charge in [0.05, 0.1) is 6.54 Å². The van der Waals surface area contributed by atoms with E-state index in [-0.39, 0.29) is 11.8 Å². The zero-order chi connectivity index (χ0) is 13.8. The summed E-state index contributed by atoms with van der Waals surface area (Å²) in [7, 11) is 0. The van der Waals surface area contributed by atoms with Gasteiger partial charge in [-0.25, -0.2) is 0 Å². The first-order valence-electron chi connectivity index (χ1n) is 6.46. The number of amides is 2. The lowest BCUT2D eigenvalue weighted by molar-refractivity contribution is -0.115. The van der Waals surface area contributed by atoms with Crippen molar-refractivity contribution in [1.29, 1.82) is 0 Å². The van der Waals surface area contributed by atoms with Crippen LogP contribution in [0.4, 0.5) is 11.4 Å². The Labute approximate surface area is 112 Å². The van der Waals surface area contributed by atoms with Crippen LogP contribution in [0.5, 0.6) is 0 Å². The molecular weight excluding hydrogens is 242 g/mol. The molecule has 0 radical (unpaired) electrons. The first-order valence-corrected chi connectivity index (χ1v) is 6.46. The molecule has 5 nitrogen and oxygen atoms in total. The molecule has 0 unspecified atom stereocenters. The van der Waals surface area contributed by atoms with Crippen LogP contribution in [0.1, 0.15) is 25.3 Å². The summed E-state index contributed by atoms with van der Waals surface area (Å²) in [6.45, 7) is 3.70. The average molecular weight is 261 g/mol. The first kappa shape index (κ1) is 13.5. The van der Waals surface area contributed by atoms with E-state index in [1.807, 2.05) is 19.1 Å². The van der Waals surface area contributed by atoms with Crippen LogP contribution in [0.25, 0.3) is 0 Å². The highest BCUT2D eigenvalue weighted by Gasteiger charge is 2.21. The Kier molecular flexibility index (Phi) is 4.16. The summed E-state index contributed by atoms with van der Waals surface area (Å²) in [5.74, 6) is -0.188. The molecule has 0 heterocycles. The fourth-order valence-corrected chi connectivity index (χ4v) is 1.76. The Bertz CT molecular complexity index is 495. The number of carbonyl (C=O) groups excluding carboxylic acids is 2. The lowest BCUT2D eigenvalue weighted by atomic mass is 10.1. The van der Waals surface area contributed by atoms with Crippen molar-refractivity contribution in [3.05, 3.63) is 23.8 Å². The van der Waals surface area contributed by atoms with E-state index >= 15 is 0 Å². The van der Waals surface area contributed by atoms with Gasteiger partial charge >= 0.3 is 0 Å². The van der Waals surface area contributed by atoms with Crippen molar-refractivity contribution < 1.29 is 9.59 Å². The number of aryl methyl sites for hydroxylation is 1. The number of hydrogen-bond donors (Lipinski definition) is 3. The summed E-state index contributed by atoms with van der Waals surface area (Å²) in [6, 6.07) is 5.97. The predicted octanol–water partition coefficient (Wildman–Crippen LogP) is 1.64. The number of benzene rings is 1. The van der Waals surface area contributed by atoms with Gasteiger partial charge in [-0.15, -0.1) is 0 Å². The van der Waals surface area contributed by atoms with Crippen LogP contribution in [0.3, 0.4) is 0 Å². The number of hydrogen-bond acceptors (Lipinski definition) is 3. The molecule has 1 aliphatic carbocycles. The third kappa shape index (κ3) is 4.37. The van der Waals surface area contributed by atoms with Crippen LogP contribution in [-0.2, 0) is 9.59 Å². The third-order valence-corrected chi connectivity index (χ3v) is 2.96. The summed E-state index contributed by atoms with van der Waals surface area (Å²) in [6.07, 6.45) is 2.31. The normalized spacial score (nSPS) is 14.0. The maximum atomic E-state index is 11.8. The van der Waals surface area contributed by atoms with E-state index in [0.29, 0.717) is 18.3 Å². The molecular formula is C14H19N3O2. The van der Waals surface area contributed by atoms with Crippen molar-refractivity contribution in [3.63, 3.8) is 0 Å². The van der Waals surface area contributed by atoms with Gasteiger partial charge in [-0.2, -0.15) is 0 Å². The number of rotatable bonds is 5. The molecule has 1 saturated carbocycles. The number of anilines is 2. The Hall–Kier alpha value is -1.88. The molecule has 1 aromatic carbocycles. The zero-order valence-corrected chi connectivity index (χ0v) is 11.2. The second kappa shape index (κ2) is 5.84. The summed E-state index contributed by atoms with van der Waals surface area (Å²) in [4.78, 5) is 22.8. The van der Waals surface area contributed by atoms with Gasteiger partial charge in [-0.1, -0.05) is 6.07 Å². The van der Waals surface area contributed by atoms with Crippen LogP contribution >= 0.6 is 0 Å². The topological polar surface area (TPSA) is 70.2 Å². The van der Waals surface area contributed by atoms with Crippen molar-refractivity contribution in [2.75, 3.05) is 17.2 Å². The number of nitrogens with one attached hydrogen (secondary N) is 3. The molecule has 0 aromatic heterocycles. The van der Waals surface area contributed by atoms with Crippen molar-refractivity contribution in [2.24, 2.45) is 0 Å². The Morgan fingerprint density at radius 3 is 2.63 bits per heavy atom. The van der Waals surface area contributed by atoms with Crippen LogP contribution in [0.2, 0.25) is 0 Å². The van der Waals surface area contributed by atoms with Crippen LogP contribution in [-0.4, -0.2) is 24.4 Å². The van der Waals surface area contributed by atoms with Crippen LogP contribution < -0.4 is 16.0 Å². The van der Waals surface area contributed by atoms with E-state index in [1.54, 1.807) is 6.07 Å². The first-order chi connectivity index (χ1) is 9.04. The molecule has 1 fully saturated rings. The van der Waals surface area contributed by atoms with Crippen molar-refractivity contribution in [2.45, 2.75) is 32.7 Å². The third-order valence-electron chi connectivity index (χ3n) is 2.96. The van der Waals surface area contributed by atoms with Gasteiger partial charge in [-0.3, -0.25) is 9.59 Å². The summed E-state index contributed by atoms with van der Waals surface area (Å²) < 4.78 is 0. The van der Waals surface area contributed by atoms with Gasteiger partial charge in [0.15, 0.2) is 0 Å². The van der Waals surface area contributed by atoms with Gasteiger partial charge < -0.3 is 16.0 Å². The van der Waals surface area contributed by atoms with E-state index in [4.69, 9.17) is 0 Å². The van der Waals surface area contributed by atoms with Crippen LogP contribution in [0, 0.1) is 6.92 Å². The second-order valence-corrected chi connectivity index (χ2v) is 4.91. The molecule has 0 bridgehead atoms. The van der Waals surface area contributed by atoms with Crippen molar-refractivity contribution >= 4 is 23.2 Å². The predicted molar refractivity (Wildman–Crippen MR) is 75.1 cm³/mol. The minimum atomic E-state index is -0.128. The highest BCUT2D eigenvalue weighted by molar-refractivity contribution is 5.95. The lowest BCUT2D eigenvalue weighted by Crippen LogP contribution is -2.29. The monoisotopic (exact) mass is 261 g/mol. The molecule has 0 spiro atoms. The average Bonchev–Trinajstić information content (AvgIpc) is 3.14. The van der Waals surface area contributed by atoms with Gasteiger partial charge in [0.25, 0.3) is 0 Å². The zero-order valence-electron chi connectivity index (χ0n) is 11.2. The van der Waals surface area contributed by atoms with E-state index in [1.165, 1.54) is 6.92 Å². The molecule has 3 N–H and O–H groups in total. The molecule has 1 aliphatic rings. The van der Waals surface area contributed by atoms with E-state index in [0.717, 1.165) is 24.1 Å². The second-order valence-electron chi connectivity index (χ2n) is 4.91. The number of carbonyl (C=O) groups is 2.